The molecule has 2 N–H and O–H groups in total. The van der Waals surface area contributed by atoms with Crippen molar-refractivity contribution in [3.05, 3.63) is 41.4 Å². The van der Waals surface area contributed by atoms with Crippen LogP contribution >= 0.6 is 11.6 Å². The Labute approximate surface area is 117 Å². The van der Waals surface area contributed by atoms with E-state index in [2.05, 4.69) is 4.72 Å². The lowest BCUT2D eigenvalue weighted by Crippen LogP contribution is -2.30. The summed E-state index contributed by atoms with van der Waals surface area (Å²) in [6, 6.07) is 10.1. The van der Waals surface area contributed by atoms with Crippen molar-refractivity contribution in [3.63, 3.8) is 0 Å². The van der Waals surface area contributed by atoms with Crippen LogP contribution < -0.4 is 4.72 Å². The Morgan fingerprint density at radius 1 is 1.21 bits per heavy atom. The molecule has 2 rings (SSSR count). The second-order valence-electron chi connectivity index (χ2n) is 4.29. The van der Waals surface area contributed by atoms with Gasteiger partial charge in [-0.2, -0.15) is 0 Å². The number of halogens is 1. The summed E-state index contributed by atoms with van der Waals surface area (Å²) in [5.74, 6) is 0. The number of hydrogen-bond donors (Lipinski definition) is 2. The molecule has 4 nitrogen and oxygen atoms in total. The molecule has 0 saturated heterocycles. The van der Waals surface area contributed by atoms with Crippen LogP contribution in [0.2, 0.25) is 5.02 Å². The normalized spacial score (nSPS) is 13.6. The van der Waals surface area contributed by atoms with E-state index < -0.39 is 16.1 Å². The van der Waals surface area contributed by atoms with Crippen LogP contribution in [0.1, 0.15) is 6.92 Å². The van der Waals surface area contributed by atoms with Gasteiger partial charge in [0.05, 0.1) is 11.0 Å². The minimum absolute atomic E-state index is 0.0285. The van der Waals surface area contributed by atoms with Crippen molar-refractivity contribution in [1.82, 2.24) is 4.72 Å². The molecule has 0 spiro atoms. The lowest BCUT2D eigenvalue weighted by atomic mass is 10.1. The van der Waals surface area contributed by atoms with Crippen LogP contribution in [0.15, 0.2) is 41.3 Å². The average Bonchev–Trinajstić information content (AvgIpc) is 2.37. The summed E-state index contributed by atoms with van der Waals surface area (Å²) in [7, 11) is -3.67. The Hall–Kier alpha value is -1.14. The zero-order valence-electron chi connectivity index (χ0n) is 10.3. The van der Waals surface area contributed by atoms with Gasteiger partial charge in [0.15, 0.2) is 0 Å². The summed E-state index contributed by atoms with van der Waals surface area (Å²) in [4.78, 5) is 0.160. The largest absolute Gasteiger partial charge is 0.392 e. The fourth-order valence-electron chi connectivity index (χ4n) is 1.78. The minimum atomic E-state index is -3.67. The molecule has 6 heteroatoms. The minimum Gasteiger partial charge on any atom is -0.392 e. The molecule has 2 aromatic rings. The summed E-state index contributed by atoms with van der Waals surface area (Å²) in [6.07, 6.45) is -0.742. The van der Waals surface area contributed by atoms with Crippen molar-refractivity contribution >= 4 is 32.4 Å². The Kier molecular flexibility index (Phi) is 4.10. The van der Waals surface area contributed by atoms with Crippen LogP contribution in [0.3, 0.4) is 0 Å². The highest BCUT2D eigenvalue weighted by Gasteiger charge is 2.18. The van der Waals surface area contributed by atoms with Crippen molar-refractivity contribution in [3.8, 4) is 0 Å². The van der Waals surface area contributed by atoms with Gasteiger partial charge >= 0.3 is 0 Å². The van der Waals surface area contributed by atoms with Gasteiger partial charge < -0.3 is 5.11 Å². The fraction of sp³-hybridized carbons (Fsp3) is 0.231. The number of benzene rings is 2. The highest BCUT2D eigenvalue weighted by atomic mass is 35.5. The zero-order valence-corrected chi connectivity index (χ0v) is 11.9. The van der Waals surface area contributed by atoms with E-state index in [1.165, 1.54) is 13.0 Å². The van der Waals surface area contributed by atoms with Gasteiger partial charge in [0.25, 0.3) is 0 Å². The van der Waals surface area contributed by atoms with Gasteiger partial charge in [-0.1, -0.05) is 35.9 Å². The molecular weight excluding hydrogens is 286 g/mol. The summed E-state index contributed by atoms with van der Waals surface area (Å²) in [5.41, 5.74) is 0. The number of rotatable bonds is 4. The second-order valence-corrected chi connectivity index (χ2v) is 6.43. The highest BCUT2D eigenvalue weighted by molar-refractivity contribution is 7.89. The standard InChI is InChI=1S/C13H14ClNO3S/c1-9(16)8-15-19(17,18)13-7-6-12(14)10-4-2-3-5-11(10)13/h2-7,9,15-16H,8H2,1H3/t9-/m1/s1. The first-order valence-corrected chi connectivity index (χ1v) is 7.63. The predicted octanol–water partition coefficient (Wildman–Crippen LogP) is 2.15. The molecule has 0 unspecified atom stereocenters. The van der Waals surface area contributed by atoms with Crippen molar-refractivity contribution in [2.45, 2.75) is 17.9 Å². The maximum absolute atomic E-state index is 12.2. The van der Waals surface area contributed by atoms with Crippen molar-refractivity contribution in [1.29, 1.82) is 0 Å². The van der Waals surface area contributed by atoms with E-state index in [0.29, 0.717) is 15.8 Å². The van der Waals surface area contributed by atoms with Crippen LogP contribution in [0.25, 0.3) is 10.8 Å². The first-order valence-electron chi connectivity index (χ1n) is 5.77. The molecule has 2 aromatic carbocycles. The number of sulfonamides is 1. The Balaban J connectivity index is 2.54. The molecule has 1 atom stereocenters. The molecule has 0 saturated carbocycles. The highest BCUT2D eigenvalue weighted by Crippen LogP contribution is 2.28. The number of aliphatic hydroxyl groups is 1. The third-order valence-corrected chi connectivity index (χ3v) is 4.50. The van der Waals surface area contributed by atoms with E-state index in [0.717, 1.165) is 0 Å². The van der Waals surface area contributed by atoms with Crippen LogP contribution in [-0.4, -0.2) is 26.2 Å². The Morgan fingerprint density at radius 2 is 1.84 bits per heavy atom. The van der Waals surface area contributed by atoms with Gasteiger partial charge in [-0.25, -0.2) is 13.1 Å². The number of fused-ring (bicyclic) bond motifs is 1. The maximum Gasteiger partial charge on any atom is 0.241 e. The Bertz CT molecular complexity index is 698. The number of nitrogens with one attached hydrogen (secondary N) is 1. The molecule has 0 amide bonds. The maximum atomic E-state index is 12.2. The molecule has 0 aliphatic carbocycles. The molecule has 0 radical (unpaired) electrons. The van der Waals surface area contributed by atoms with Gasteiger partial charge in [-0.15, -0.1) is 0 Å². The molecule has 0 aromatic heterocycles. The van der Waals surface area contributed by atoms with Crippen molar-refractivity contribution in [2.24, 2.45) is 0 Å². The summed E-state index contributed by atoms with van der Waals surface area (Å²) < 4.78 is 26.8. The summed E-state index contributed by atoms with van der Waals surface area (Å²) in [5, 5.41) is 10.9. The summed E-state index contributed by atoms with van der Waals surface area (Å²) >= 11 is 6.05. The van der Waals surface area contributed by atoms with Crippen molar-refractivity contribution < 1.29 is 13.5 Å². The van der Waals surface area contributed by atoms with Gasteiger partial charge in [0.1, 0.15) is 0 Å². The second kappa shape index (κ2) is 5.46. The van der Waals surface area contributed by atoms with Crippen molar-refractivity contribution in [2.75, 3.05) is 6.54 Å². The van der Waals surface area contributed by atoms with E-state index in [9.17, 15) is 13.5 Å². The average molecular weight is 300 g/mol. The van der Waals surface area contributed by atoms with E-state index >= 15 is 0 Å². The van der Waals surface area contributed by atoms with E-state index in [-0.39, 0.29) is 11.4 Å². The lowest BCUT2D eigenvalue weighted by Gasteiger charge is -2.11. The number of hydrogen-bond acceptors (Lipinski definition) is 3. The van der Waals surface area contributed by atoms with Gasteiger partial charge in [-0.05, 0) is 19.1 Å². The molecule has 0 heterocycles. The lowest BCUT2D eigenvalue weighted by molar-refractivity contribution is 0.198. The third kappa shape index (κ3) is 3.06. The predicted molar refractivity (Wildman–Crippen MR) is 75.8 cm³/mol. The topological polar surface area (TPSA) is 66.4 Å². The number of aliphatic hydroxyl groups excluding tert-OH is 1. The zero-order chi connectivity index (χ0) is 14.0. The first kappa shape index (κ1) is 14.3. The Morgan fingerprint density at radius 3 is 2.47 bits per heavy atom. The molecule has 0 aliphatic rings. The van der Waals surface area contributed by atoms with E-state index in [1.54, 1.807) is 30.3 Å². The van der Waals surface area contributed by atoms with Crippen LogP contribution in [0.5, 0.6) is 0 Å². The third-order valence-electron chi connectivity index (χ3n) is 2.69. The van der Waals surface area contributed by atoms with E-state index in [4.69, 9.17) is 11.6 Å². The SMILES string of the molecule is C[C@@H](O)CNS(=O)(=O)c1ccc(Cl)c2ccccc12. The molecular formula is C13H14ClNO3S. The smallest absolute Gasteiger partial charge is 0.241 e. The monoisotopic (exact) mass is 299 g/mol. The van der Waals surface area contributed by atoms with Crippen LogP contribution in [0, 0.1) is 0 Å². The molecule has 0 bridgehead atoms. The molecule has 102 valence electrons. The molecule has 0 fully saturated rings. The van der Waals surface area contributed by atoms with Gasteiger partial charge in [0, 0.05) is 22.3 Å². The van der Waals surface area contributed by atoms with Crippen LogP contribution in [0.4, 0.5) is 0 Å². The van der Waals surface area contributed by atoms with Gasteiger partial charge in [-0.3, -0.25) is 0 Å². The quantitative estimate of drug-likeness (QED) is 0.909. The van der Waals surface area contributed by atoms with Crippen LogP contribution in [-0.2, 0) is 10.0 Å². The van der Waals surface area contributed by atoms with Gasteiger partial charge in [0.2, 0.25) is 10.0 Å². The first-order chi connectivity index (χ1) is 8.92. The van der Waals surface area contributed by atoms with E-state index in [1.807, 2.05) is 0 Å². The molecule has 0 aliphatic heterocycles. The molecule has 19 heavy (non-hydrogen) atoms. The fourth-order valence-corrected chi connectivity index (χ4v) is 3.34. The summed E-state index contributed by atoms with van der Waals surface area (Å²) in [6.45, 7) is 1.49.